The first-order valence-electron chi connectivity index (χ1n) is 8.57. The van der Waals surface area contributed by atoms with Crippen LogP contribution < -0.4 is 10.6 Å². The molecule has 1 aromatic rings. The number of urea groups is 1. The predicted octanol–water partition coefficient (Wildman–Crippen LogP) is 2.83. The maximum absolute atomic E-state index is 12.4. The quantitative estimate of drug-likeness (QED) is 0.892. The summed E-state index contributed by atoms with van der Waals surface area (Å²) in [6.07, 6.45) is 6.49. The fourth-order valence-electron chi connectivity index (χ4n) is 3.48. The van der Waals surface area contributed by atoms with Gasteiger partial charge in [-0.2, -0.15) is 0 Å². The van der Waals surface area contributed by atoms with Crippen LogP contribution in [0.3, 0.4) is 0 Å². The molecule has 1 aliphatic heterocycles. The first kappa shape index (κ1) is 16.3. The molecule has 2 heterocycles. The third-order valence-corrected chi connectivity index (χ3v) is 5.74. The standard InChI is InChI=1S/C17H25N3O2S/c1-12(16(21)20-9-3-2-4-10-20)18-17(22)19-14-6-5-7-15-13(14)8-11-23-15/h8,11-12,14H,2-7,9-10H2,1H3,(H2,18,19,22)/t12-,14-/m0/s1. The molecule has 3 amide bonds. The summed E-state index contributed by atoms with van der Waals surface area (Å²) in [5.74, 6) is 0.0275. The molecule has 1 aromatic heterocycles. The third kappa shape index (κ3) is 3.86. The number of piperidine rings is 1. The molecular formula is C17H25N3O2S. The molecule has 23 heavy (non-hydrogen) atoms. The van der Waals surface area contributed by atoms with Crippen LogP contribution in [0.4, 0.5) is 4.79 Å². The summed E-state index contributed by atoms with van der Waals surface area (Å²) in [5.41, 5.74) is 1.24. The van der Waals surface area contributed by atoms with Gasteiger partial charge in [-0.05, 0) is 62.5 Å². The monoisotopic (exact) mass is 335 g/mol. The van der Waals surface area contributed by atoms with Crippen molar-refractivity contribution in [2.45, 2.75) is 57.5 Å². The molecule has 0 bridgehead atoms. The van der Waals surface area contributed by atoms with Gasteiger partial charge in [-0.15, -0.1) is 11.3 Å². The number of nitrogens with zero attached hydrogens (tertiary/aromatic N) is 1. The maximum atomic E-state index is 12.4. The number of carbonyl (C=O) groups excluding carboxylic acids is 2. The van der Waals surface area contributed by atoms with Crippen LogP contribution in [-0.4, -0.2) is 36.0 Å². The average molecular weight is 335 g/mol. The Balaban J connectivity index is 1.52. The van der Waals surface area contributed by atoms with Crippen LogP contribution in [0, 0.1) is 0 Å². The number of hydrogen-bond acceptors (Lipinski definition) is 3. The fraction of sp³-hybridized carbons (Fsp3) is 0.647. The largest absolute Gasteiger partial charge is 0.341 e. The second-order valence-corrected chi connectivity index (χ2v) is 7.47. The number of fused-ring (bicyclic) bond motifs is 1. The lowest BCUT2D eigenvalue weighted by atomic mass is 9.94. The van der Waals surface area contributed by atoms with E-state index in [9.17, 15) is 9.59 Å². The molecule has 2 aliphatic rings. The lowest BCUT2D eigenvalue weighted by Crippen LogP contribution is -2.51. The van der Waals surface area contributed by atoms with Gasteiger partial charge in [0, 0.05) is 18.0 Å². The van der Waals surface area contributed by atoms with Crippen molar-refractivity contribution in [1.29, 1.82) is 0 Å². The Morgan fingerprint density at radius 2 is 2.04 bits per heavy atom. The Morgan fingerprint density at radius 1 is 1.26 bits per heavy atom. The Kier molecular flexibility index (Phi) is 5.20. The highest BCUT2D eigenvalue weighted by Crippen LogP contribution is 2.33. The van der Waals surface area contributed by atoms with Crippen molar-refractivity contribution in [1.82, 2.24) is 15.5 Å². The van der Waals surface area contributed by atoms with E-state index in [1.807, 2.05) is 4.90 Å². The summed E-state index contributed by atoms with van der Waals surface area (Å²) in [6, 6.07) is 1.46. The fourth-order valence-corrected chi connectivity index (χ4v) is 4.47. The van der Waals surface area contributed by atoms with Crippen molar-refractivity contribution in [2.75, 3.05) is 13.1 Å². The molecule has 1 saturated heterocycles. The van der Waals surface area contributed by atoms with E-state index in [2.05, 4.69) is 22.1 Å². The lowest BCUT2D eigenvalue weighted by molar-refractivity contribution is -0.133. The summed E-state index contributed by atoms with van der Waals surface area (Å²) in [4.78, 5) is 27.9. The van der Waals surface area contributed by atoms with E-state index >= 15 is 0 Å². The van der Waals surface area contributed by atoms with Gasteiger partial charge < -0.3 is 15.5 Å². The Bertz CT molecular complexity index is 566. The van der Waals surface area contributed by atoms with Crippen LogP contribution in [0.2, 0.25) is 0 Å². The van der Waals surface area contributed by atoms with E-state index in [0.717, 1.165) is 45.2 Å². The van der Waals surface area contributed by atoms with Crippen molar-refractivity contribution in [2.24, 2.45) is 0 Å². The van der Waals surface area contributed by atoms with Gasteiger partial charge in [0.2, 0.25) is 5.91 Å². The normalized spacial score (nSPS) is 22.1. The Labute approximate surface area is 141 Å². The molecule has 0 saturated carbocycles. The van der Waals surface area contributed by atoms with Crippen LogP contribution in [0.25, 0.3) is 0 Å². The van der Waals surface area contributed by atoms with Crippen LogP contribution in [0.1, 0.15) is 55.5 Å². The van der Waals surface area contributed by atoms with Crippen molar-refractivity contribution in [3.63, 3.8) is 0 Å². The molecule has 0 radical (unpaired) electrons. The topological polar surface area (TPSA) is 61.4 Å². The third-order valence-electron chi connectivity index (χ3n) is 4.74. The minimum Gasteiger partial charge on any atom is -0.341 e. The van der Waals surface area contributed by atoms with Gasteiger partial charge >= 0.3 is 6.03 Å². The highest BCUT2D eigenvalue weighted by atomic mass is 32.1. The van der Waals surface area contributed by atoms with Crippen molar-refractivity contribution >= 4 is 23.3 Å². The number of carbonyl (C=O) groups is 2. The number of likely N-dealkylation sites (tertiary alicyclic amines) is 1. The molecule has 1 fully saturated rings. The second-order valence-electron chi connectivity index (χ2n) is 6.47. The van der Waals surface area contributed by atoms with Gasteiger partial charge in [-0.1, -0.05) is 0 Å². The minimum absolute atomic E-state index is 0.0275. The SMILES string of the molecule is C[C@H](NC(=O)N[C@H]1CCCc2sccc21)C(=O)N1CCCCC1. The van der Waals surface area contributed by atoms with Crippen molar-refractivity contribution in [3.8, 4) is 0 Å². The van der Waals surface area contributed by atoms with Gasteiger partial charge in [-0.25, -0.2) is 4.79 Å². The molecule has 0 unspecified atom stereocenters. The van der Waals surface area contributed by atoms with Gasteiger partial charge in [0.05, 0.1) is 6.04 Å². The van der Waals surface area contributed by atoms with E-state index in [1.54, 1.807) is 18.3 Å². The lowest BCUT2D eigenvalue weighted by Gasteiger charge is -2.30. The summed E-state index contributed by atoms with van der Waals surface area (Å²) >= 11 is 1.76. The molecule has 6 heteroatoms. The second kappa shape index (κ2) is 7.34. The molecule has 2 atom stereocenters. The van der Waals surface area contributed by atoms with Crippen molar-refractivity contribution < 1.29 is 9.59 Å². The zero-order valence-electron chi connectivity index (χ0n) is 13.6. The number of hydrogen-bond donors (Lipinski definition) is 2. The Hall–Kier alpha value is -1.56. The van der Waals surface area contributed by atoms with Gasteiger partial charge in [0.25, 0.3) is 0 Å². The summed E-state index contributed by atoms with van der Waals surface area (Å²) in [5, 5.41) is 7.93. The molecule has 1 aliphatic carbocycles. The Morgan fingerprint density at radius 3 is 2.83 bits per heavy atom. The highest BCUT2D eigenvalue weighted by Gasteiger charge is 2.26. The predicted molar refractivity (Wildman–Crippen MR) is 91.6 cm³/mol. The molecule has 0 aromatic carbocycles. The van der Waals surface area contributed by atoms with Crippen LogP contribution in [0.15, 0.2) is 11.4 Å². The number of amides is 3. The van der Waals surface area contributed by atoms with Gasteiger partial charge in [-0.3, -0.25) is 4.79 Å². The number of rotatable bonds is 3. The van der Waals surface area contributed by atoms with Crippen molar-refractivity contribution in [3.05, 3.63) is 21.9 Å². The summed E-state index contributed by atoms with van der Waals surface area (Å²) in [7, 11) is 0. The molecule has 3 rings (SSSR count). The zero-order chi connectivity index (χ0) is 16.2. The molecule has 0 spiro atoms. The average Bonchev–Trinajstić information content (AvgIpc) is 3.04. The van der Waals surface area contributed by atoms with Gasteiger partial charge in [0.1, 0.15) is 6.04 Å². The molecule has 126 valence electrons. The minimum atomic E-state index is -0.473. The zero-order valence-corrected chi connectivity index (χ0v) is 14.5. The van der Waals surface area contributed by atoms with E-state index in [1.165, 1.54) is 16.9 Å². The van der Waals surface area contributed by atoms with Crippen LogP contribution in [0.5, 0.6) is 0 Å². The van der Waals surface area contributed by atoms with E-state index in [4.69, 9.17) is 0 Å². The number of nitrogens with one attached hydrogen (secondary N) is 2. The number of thiophene rings is 1. The van der Waals surface area contributed by atoms with Crippen LogP contribution >= 0.6 is 11.3 Å². The molecular weight excluding hydrogens is 310 g/mol. The number of aryl methyl sites for hydroxylation is 1. The first-order valence-corrected chi connectivity index (χ1v) is 9.45. The van der Waals surface area contributed by atoms with E-state index in [-0.39, 0.29) is 18.0 Å². The van der Waals surface area contributed by atoms with Gasteiger partial charge in [0.15, 0.2) is 0 Å². The summed E-state index contributed by atoms with van der Waals surface area (Å²) in [6.45, 7) is 3.40. The maximum Gasteiger partial charge on any atom is 0.315 e. The first-order chi connectivity index (χ1) is 11.1. The van der Waals surface area contributed by atoms with Crippen LogP contribution in [-0.2, 0) is 11.2 Å². The highest BCUT2D eigenvalue weighted by molar-refractivity contribution is 7.10. The van der Waals surface area contributed by atoms with E-state index < -0.39 is 6.04 Å². The molecule has 5 nitrogen and oxygen atoms in total. The smallest absolute Gasteiger partial charge is 0.315 e. The van der Waals surface area contributed by atoms with E-state index in [0.29, 0.717) is 0 Å². The molecule has 2 N–H and O–H groups in total. The summed E-state index contributed by atoms with van der Waals surface area (Å²) < 4.78 is 0.